The summed E-state index contributed by atoms with van der Waals surface area (Å²) >= 11 is 0. The summed E-state index contributed by atoms with van der Waals surface area (Å²) in [5, 5.41) is 0. The van der Waals surface area contributed by atoms with Crippen molar-refractivity contribution in [1.82, 2.24) is 0 Å². The van der Waals surface area contributed by atoms with Crippen molar-refractivity contribution in [3.63, 3.8) is 0 Å². The van der Waals surface area contributed by atoms with E-state index in [4.69, 9.17) is 13.9 Å². The van der Waals surface area contributed by atoms with Crippen LogP contribution in [0.1, 0.15) is 29.8 Å². The standard InChI is InChI=1S/C12H10O5/c1-5(2)11(13)17-8-3-7-9-6(10(8)16-7)4-15-12(9)14/h3,5H,4H2,1-2H3. The number of benzene rings is 1. The quantitative estimate of drug-likeness (QED) is 0.588. The zero-order valence-corrected chi connectivity index (χ0v) is 9.40. The van der Waals surface area contributed by atoms with Gasteiger partial charge in [-0.1, -0.05) is 13.8 Å². The van der Waals surface area contributed by atoms with E-state index in [1.54, 1.807) is 19.9 Å². The minimum absolute atomic E-state index is 0.184. The Morgan fingerprint density at radius 1 is 1.47 bits per heavy atom. The lowest BCUT2D eigenvalue weighted by Crippen LogP contribution is -2.14. The molecule has 0 amide bonds. The van der Waals surface area contributed by atoms with Gasteiger partial charge in [0.1, 0.15) is 17.8 Å². The molecule has 0 N–H and O–H groups in total. The third-order valence-electron chi connectivity index (χ3n) is 2.75. The fourth-order valence-electron chi connectivity index (χ4n) is 1.84. The Kier molecular flexibility index (Phi) is 1.92. The van der Waals surface area contributed by atoms with Crippen molar-refractivity contribution in [3.05, 3.63) is 17.2 Å². The highest BCUT2D eigenvalue weighted by atomic mass is 16.6. The third kappa shape index (κ3) is 1.32. The fraction of sp³-hybridized carbons (Fsp3) is 0.333. The number of esters is 2. The molecule has 0 saturated heterocycles. The van der Waals surface area contributed by atoms with Crippen molar-refractivity contribution in [2.45, 2.75) is 20.5 Å². The molecule has 0 aliphatic carbocycles. The van der Waals surface area contributed by atoms with Gasteiger partial charge in [0.25, 0.3) is 0 Å². The first-order chi connectivity index (χ1) is 8.08. The zero-order valence-electron chi connectivity index (χ0n) is 9.40. The molecule has 1 aliphatic rings. The molecule has 5 nitrogen and oxygen atoms in total. The molecule has 0 aromatic carbocycles. The highest BCUT2D eigenvalue weighted by Crippen LogP contribution is 2.41. The van der Waals surface area contributed by atoms with Crippen molar-refractivity contribution < 1.29 is 23.5 Å². The van der Waals surface area contributed by atoms with Gasteiger partial charge in [-0.15, -0.1) is 0 Å². The van der Waals surface area contributed by atoms with Gasteiger partial charge in [-0.2, -0.15) is 0 Å². The largest absolute Gasteiger partial charge is 0.457 e. The first-order valence-corrected chi connectivity index (χ1v) is 5.34. The van der Waals surface area contributed by atoms with Crippen molar-refractivity contribution in [1.29, 1.82) is 0 Å². The second-order valence-electron chi connectivity index (χ2n) is 4.31. The van der Waals surface area contributed by atoms with Crippen LogP contribution in [0.4, 0.5) is 0 Å². The second kappa shape index (κ2) is 3.23. The minimum Gasteiger partial charge on any atom is -0.457 e. The van der Waals surface area contributed by atoms with E-state index in [9.17, 15) is 9.59 Å². The molecule has 0 atom stereocenters. The molecule has 3 heterocycles. The number of rotatable bonds is 2. The summed E-state index contributed by atoms with van der Waals surface area (Å²) in [6.45, 7) is 3.69. The number of hydrogen-bond donors (Lipinski definition) is 0. The van der Waals surface area contributed by atoms with Crippen LogP contribution in [0.25, 0.3) is 11.2 Å². The van der Waals surface area contributed by atoms with Crippen LogP contribution in [0.3, 0.4) is 0 Å². The Labute approximate surface area is 96.6 Å². The van der Waals surface area contributed by atoms with E-state index in [1.165, 1.54) is 0 Å². The minimum atomic E-state index is -0.379. The molecule has 17 heavy (non-hydrogen) atoms. The van der Waals surface area contributed by atoms with E-state index in [1.807, 2.05) is 0 Å². The third-order valence-corrected chi connectivity index (χ3v) is 2.75. The lowest BCUT2D eigenvalue weighted by Gasteiger charge is -2.04. The predicted octanol–water partition coefficient (Wildman–Crippen LogP) is 2.10. The molecule has 0 fully saturated rings. The molecule has 0 unspecified atom stereocenters. The number of carbonyl (C=O) groups is 2. The van der Waals surface area contributed by atoms with Crippen LogP contribution in [0, 0.1) is 5.92 Å². The summed E-state index contributed by atoms with van der Waals surface area (Å²) in [7, 11) is 0. The Hall–Kier alpha value is -2.04. The average Bonchev–Trinajstić information content (AvgIpc) is 2.90. The number of fused-ring (bicyclic) bond motifs is 5. The number of ether oxygens (including phenoxy) is 2. The Balaban J connectivity index is 2.00. The maximum Gasteiger partial charge on any atom is 0.342 e. The zero-order chi connectivity index (χ0) is 12.2. The van der Waals surface area contributed by atoms with E-state index in [-0.39, 0.29) is 24.5 Å². The molecule has 0 saturated carbocycles. The Morgan fingerprint density at radius 2 is 2.24 bits per heavy atom. The van der Waals surface area contributed by atoms with Crippen LogP contribution in [-0.4, -0.2) is 11.9 Å². The van der Waals surface area contributed by atoms with Gasteiger partial charge in [-0.05, 0) is 0 Å². The van der Waals surface area contributed by atoms with Crippen LogP contribution < -0.4 is 4.74 Å². The van der Waals surface area contributed by atoms with E-state index in [2.05, 4.69) is 0 Å². The highest BCUT2D eigenvalue weighted by molar-refractivity contribution is 6.05. The monoisotopic (exact) mass is 234 g/mol. The van der Waals surface area contributed by atoms with Crippen molar-refractivity contribution in [2.75, 3.05) is 0 Å². The summed E-state index contributed by atoms with van der Waals surface area (Å²) in [6, 6.07) is 1.56. The molecule has 0 radical (unpaired) electrons. The van der Waals surface area contributed by atoms with Gasteiger partial charge < -0.3 is 13.9 Å². The Morgan fingerprint density at radius 3 is 2.94 bits per heavy atom. The van der Waals surface area contributed by atoms with Crippen molar-refractivity contribution >= 4 is 23.1 Å². The summed E-state index contributed by atoms with van der Waals surface area (Å²) in [5.74, 6) is -0.547. The van der Waals surface area contributed by atoms with Gasteiger partial charge in [0.05, 0.1) is 11.5 Å². The van der Waals surface area contributed by atoms with E-state index >= 15 is 0 Å². The van der Waals surface area contributed by atoms with Gasteiger partial charge in [0.15, 0.2) is 11.3 Å². The summed E-state index contributed by atoms with van der Waals surface area (Å²) in [6.07, 6.45) is 0. The van der Waals surface area contributed by atoms with Crippen molar-refractivity contribution in [2.24, 2.45) is 5.92 Å². The van der Waals surface area contributed by atoms with E-state index in [0.717, 1.165) is 0 Å². The number of hydrogen-bond acceptors (Lipinski definition) is 5. The number of cyclic esters (lactones) is 1. The molecule has 2 aromatic heterocycles. The lowest BCUT2D eigenvalue weighted by atomic mass is 10.1. The van der Waals surface area contributed by atoms with Gasteiger partial charge in [0.2, 0.25) is 0 Å². The van der Waals surface area contributed by atoms with Crippen molar-refractivity contribution in [3.8, 4) is 5.75 Å². The van der Waals surface area contributed by atoms with Crippen LogP contribution in [0.15, 0.2) is 10.5 Å². The molecule has 2 bridgehead atoms. The smallest absolute Gasteiger partial charge is 0.342 e. The lowest BCUT2D eigenvalue weighted by molar-refractivity contribution is -0.137. The molecule has 1 aliphatic heterocycles. The first kappa shape index (κ1) is 10.1. The average molecular weight is 234 g/mol. The van der Waals surface area contributed by atoms with Crippen LogP contribution in [0.5, 0.6) is 5.75 Å². The molecule has 88 valence electrons. The second-order valence-corrected chi connectivity index (χ2v) is 4.31. The summed E-state index contributed by atoms with van der Waals surface area (Å²) in [4.78, 5) is 22.8. The van der Waals surface area contributed by atoms with E-state index in [0.29, 0.717) is 28.0 Å². The van der Waals surface area contributed by atoms with Crippen LogP contribution >= 0.6 is 0 Å². The molecule has 2 aromatic rings. The summed E-state index contributed by atoms with van der Waals surface area (Å²) in [5.41, 5.74) is 2.00. The molecule has 5 heteroatoms. The normalized spacial score (nSPS) is 14.4. The Bertz CT molecular complexity index is 607. The molecule has 0 spiro atoms. The maximum atomic E-state index is 11.5. The highest BCUT2D eigenvalue weighted by Gasteiger charge is 2.33. The topological polar surface area (TPSA) is 65.7 Å². The van der Waals surface area contributed by atoms with Gasteiger partial charge in [-0.3, -0.25) is 4.79 Å². The van der Waals surface area contributed by atoms with Crippen LogP contribution in [-0.2, 0) is 16.1 Å². The number of furan rings is 2. The predicted molar refractivity (Wildman–Crippen MR) is 57.0 cm³/mol. The fourth-order valence-corrected chi connectivity index (χ4v) is 1.84. The summed E-state index contributed by atoms with van der Waals surface area (Å²) < 4.78 is 15.5. The molecular formula is C12H10O5. The van der Waals surface area contributed by atoms with Gasteiger partial charge >= 0.3 is 11.9 Å². The number of carbonyl (C=O) groups excluding carboxylic acids is 2. The van der Waals surface area contributed by atoms with E-state index < -0.39 is 0 Å². The molecular weight excluding hydrogens is 224 g/mol. The first-order valence-electron chi connectivity index (χ1n) is 5.34. The molecule has 3 rings (SSSR count). The SMILES string of the molecule is CC(C)C(=O)Oc1cc2oc1c1c2C(=O)OC1. The van der Waals surface area contributed by atoms with Gasteiger partial charge in [0, 0.05) is 6.07 Å². The van der Waals surface area contributed by atoms with Gasteiger partial charge in [-0.25, -0.2) is 4.79 Å². The maximum absolute atomic E-state index is 11.5. The van der Waals surface area contributed by atoms with Crippen LogP contribution in [0.2, 0.25) is 0 Å².